The fraction of sp³-hybridized carbons (Fsp3) is 0.538. The Labute approximate surface area is 124 Å². The van der Waals surface area contributed by atoms with Gasteiger partial charge < -0.3 is 10.2 Å². The normalized spacial score (nSPS) is 20.2. The molecule has 0 aromatic heterocycles. The van der Waals surface area contributed by atoms with Crippen LogP contribution in [0, 0.1) is 10.1 Å². The predicted octanol–water partition coefficient (Wildman–Crippen LogP) is 1.65. The molecule has 0 radical (unpaired) electrons. The molecule has 0 spiro atoms. The zero-order chi connectivity index (χ0) is 15.6. The molecule has 0 bridgehead atoms. The van der Waals surface area contributed by atoms with Gasteiger partial charge in [-0.05, 0) is 25.5 Å². The molecule has 21 heavy (non-hydrogen) atoms. The van der Waals surface area contributed by atoms with Crippen LogP contribution in [0.1, 0.15) is 13.3 Å². The van der Waals surface area contributed by atoms with Crippen molar-refractivity contribution in [2.45, 2.75) is 19.4 Å². The van der Waals surface area contributed by atoms with E-state index in [9.17, 15) is 18.5 Å². The van der Waals surface area contributed by atoms with Crippen molar-refractivity contribution in [3.8, 4) is 0 Å². The highest BCUT2D eigenvalue weighted by molar-refractivity contribution is 7.91. The number of sulfone groups is 1. The molecule has 0 saturated carbocycles. The first kappa shape index (κ1) is 15.6. The summed E-state index contributed by atoms with van der Waals surface area (Å²) in [5.41, 5.74) is 0.888. The van der Waals surface area contributed by atoms with Gasteiger partial charge in [-0.1, -0.05) is 6.07 Å². The van der Waals surface area contributed by atoms with Gasteiger partial charge in [0.05, 0.1) is 16.4 Å². The molecule has 0 amide bonds. The number of nitro benzene ring substituents is 1. The summed E-state index contributed by atoms with van der Waals surface area (Å²) in [6, 6.07) is 4.83. The van der Waals surface area contributed by atoms with Crippen LogP contribution >= 0.6 is 0 Å². The van der Waals surface area contributed by atoms with Crippen LogP contribution in [0.25, 0.3) is 0 Å². The van der Waals surface area contributed by atoms with Gasteiger partial charge in [-0.3, -0.25) is 10.1 Å². The number of anilines is 2. The molecule has 1 aliphatic heterocycles. The zero-order valence-electron chi connectivity index (χ0n) is 12.1. The topological polar surface area (TPSA) is 92.6 Å². The van der Waals surface area contributed by atoms with Crippen molar-refractivity contribution in [1.82, 2.24) is 0 Å². The number of hydrogen-bond acceptors (Lipinski definition) is 6. The average molecular weight is 313 g/mol. The maximum absolute atomic E-state index is 11.6. The Balaban J connectivity index is 2.39. The Bertz CT molecular complexity index is 645. The van der Waals surface area contributed by atoms with Gasteiger partial charge in [-0.15, -0.1) is 0 Å². The number of hydrogen-bond donors (Lipinski definition) is 1. The highest BCUT2D eigenvalue weighted by atomic mass is 32.2. The van der Waals surface area contributed by atoms with E-state index in [2.05, 4.69) is 5.32 Å². The predicted molar refractivity (Wildman–Crippen MR) is 82.7 cm³/mol. The number of benzene rings is 1. The van der Waals surface area contributed by atoms with Crippen LogP contribution in [0.4, 0.5) is 17.1 Å². The lowest BCUT2D eigenvalue weighted by Gasteiger charge is -2.25. The van der Waals surface area contributed by atoms with Crippen LogP contribution in [0.5, 0.6) is 0 Å². The Morgan fingerprint density at radius 2 is 2.19 bits per heavy atom. The quantitative estimate of drug-likeness (QED) is 0.656. The summed E-state index contributed by atoms with van der Waals surface area (Å²) in [5.74, 6) is 0.189. The van der Waals surface area contributed by atoms with Crippen LogP contribution in [0.15, 0.2) is 18.2 Å². The van der Waals surface area contributed by atoms with Gasteiger partial charge in [-0.25, -0.2) is 8.42 Å². The van der Waals surface area contributed by atoms with Gasteiger partial charge in [0, 0.05) is 19.6 Å². The fourth-order valence-electron chi connectivity index (χ4n) is 2.62. The van der Waals surface area contributed by atoms with Crippen LogP contribution in [0.3, 0.4) is 0 Å². The van der Waals surface area contributed by atoms with Gasteiger partial charge in [-0.2, -0.15) is 0 Å². The van der Waals surface area contributed by atoms with E-state index in [1.165, 1.54) is 0 Å². The third kappa shape index (κ3) is 3.26. The SMILES string of the molecule is CCNc1cccc(N(C)C2CCS(=O)(=O)C2)c1[N+](=O)[O-]. The van der Waals surface area contributed by atoms with Crippen LogP contribution in [-0.2, 0) is 9.84 Å². The fourth-order valence-corrected chi connectivity index (χ4v) is 4.39. The molecule has 1 saturated heterocycles. The van der Waals surface area contributed by atoms with Crippen molar-refractivity contribution in [3.05, 3.63) is 28.3 Å². The number of nitro groups is 1. The lowest BCUT2D eigenvalue weighted by Crippen LogP contribution is -2.33. The Hall–Kier alpha value is -1.83. The smallest absolute Gasteiger partial charge is 0.315 e. The monoisotopic (exact) mass is 313 g/mol. The molecule has 8 heteroatoms. The molecule has 1 aromatic carbocycles. The Morgan fingerprint density at radius 3 is 2.71 bits per heavy atom. The Kier molecular flexibility index (Phi) is 4.36. The molecule has 2 rings (SSSR count). The molecule has 1 aliphatic rings. The minimum atomic E-state index is -3.03. The summed E-state index contributed by atoms with van der Waals surface area (Å²) in [5, 5.41) is 14.4. The average Bonchev–Trinajstić information content (AvgIpc) is 2.78. The van der Waals surface area contributed by atoms with Crippen molar-refractivity contribution < 1.29 is 13.3 Å². The molecule has 1 atom stereocenters. The first-order valence-electron chi connectivity index (χ1n) is 6.80. The van der Waals surface area contributed by atoms with Crippen LogP contribution in [0.2, 0.25) is 0 Å². The molecule has 1 fully saturated rings. The summed E-state index contributed by atoms with van der Waals surface area (Å²) < 4.78 is 23.2. The van der Waals surface area contributed by atoms with E-state index in [1.54, 1.807) is 30.1 Å². The highest BCUT2D eigenvalue weighted by Gasteiger charge is 2.33. The van der Waals surface area contributed by atoms with E-state index in [0.29, 0.717) is 24.3 Å². The van der Waals surface area contributed by atoms with Gasteiger partial charge in [0.15, 0.2) is 9.84 Å². The maximum Gasteiger partial charge on any atom is 0.315 e. The van der Waals surface area contributed by atoms with Gasteiger partial charge in [0.2, 0.25) is 0 Å². The second-order valence-corrected chi connectivity index (χ2v) is 7.36. The first-order valence-corrected chi connectivity index (χ1v) is 8.62. The van der Waals surface area contributed by atoms with E-state index in [-0.39, 0.29) is 23.2 Å². The number of para-hydroxylation sites is 1. The maximum atomic E-state index is 11.6. The molecular formula is C13H19N3O4S. The number of rotatable bonds is 5. The number of nitrogens with one attached hydrogen (secondary N) is 1. The van der Waals surface area contributed by atoms with Crippen molar-refractivity contribution in [2.75, 3.05) is 35.3 Å². The summed E-state index contributed by atoms with van der Waals surface area (Å²) in [4.78, 5) is 12.7. The molecule has 7 nitrogen and oxygen atoms in total. The molecule has 116 valence electrons. The minimum absolute atomic E-state index is 0.00820. The molecule has 1 unspecified atom stereocenters. The van der Waals surface area contributed by atoms with Crippen molar-refractivity contribution in [1.29, 1.82) is 0 Å². The van der Waals surface area contributed by atoms with Gasteiger partial charge >= 0.3 is 5.69 Å². The van der Waals surface area contributed by atoms with E-state index in [1.807, 2.05) is 6.92 Å². The third-order valence-electron chi connectivity index (χ3n) is 3.70. The largest absolute Gasteiger partial charge is 0.380 e. The van der Waals surface area contributed by atoms with E-state index >= 15 is 0 Å². The third-order valence-corrected chi connectivity index (χ3v) is 5.45. The van der Waals surface area contributed by atoms with Gasteiger partial charge in [0.25, 0.3) is 0 Å². The lowest BCUT2D eigenvalue weighted by molar-refractivity contribution is -0.383. The van der Waals surface area contributed by atoms with Crippen molar-refractivity contribution in [2.24, 2.45) is 0 Å². The molecular weight excluding hydrogens is 294 g/mol. The van der Waals surface area contributed by atoms with Crippen molar-refractivity contribution in [3.63, 3.8) is 0 Å². The molecule has 0 aliphatic carbocycles. The standard InChI is InChI=1S/C13H19N3O4S/c1-3-14-11-5-4-6-12(13(11)16(17)18)15(2)10-7-8-21(19,20)9-10/h4-6,10,14H,3,7-9H2,1-2H3. The van der Waals surface area contributed by atoms with Crippen molar-refractivity contribution >= 4 is 26.9 Å². The highest BCUT2D eigenvalue weighted by Crippen LogP contribution is 2.36. The van der Waals surface area contributed by atoms with Crippen LogP contribution in [-0.4, -0.2) is 44.5 Å². The van der Waals surface area contributed by atoms with E-state index in [4.69, 9.17) is 0 Å². The summed E-state index contributed by atoms with van der Waals surface area (Å²) >= 11 is 0. The van der Waals surface area contributed by atoms with E-state index < -0.39 is 14.8 Å². The van der Waals surface area contributed by atoms with Crippen LogP contribution < -0.4 is 10.2 Å². The number of nitrogens with zero attached hydrogens (tertiary/aromatic N) is 2. The summed E-state index contributed by atoms with van der Waals surface area (Å²) in [6.07, 6.45) is 0.501. The van der Waals surface area contributed by atoms with E-state index in [0.717, 1.165) is 0 Å². The summed E-state index contributed by atoms with van der Waals surface area (Å²) in [6.45, 7) is 2.44. The first-order chi connectivity index (χ1) is 9.85. The zero-order valence-corrected chi connectivity index (χ0v) is 12.9. The summed E-state index contributed by atoms with van der Waals surface area (Å²) in [7, 11) is -1.32. The lowest BCUT2D eigenvalue weighted by atomic mass is 10.1. The second kappa shape index (κ2) is 5.88. The Morgan fingerprint density at radius 1 is 1.48 bits per heavy atom. The minimum Gasteiger partial charge on any atom is -0.380 e. The molecule has 1 aromatic rings. The molecule has 1 heterocycles. The second-order valence-electron chi connectivity index (χ2n) is 5.13. The van der Waals surface area contributed by atoms with Gasteiger partial charge in [0.1, 0.15) is 11.4 Å². The molecule has 1 N–H and O–H groups in total.